The van der Waals surface area contributed by atoms with Crippen molar-refractivity contribution in [2.75, 3.05) is 25.7 Å². The van der Waals surface area contributed by atoms with Crippen LogP contribution in [-0.4, -0.2) is 44.2 Å². The summed E-state index contributed by atoms with van der Waals surface area (Å²) in [5.74, 6) is -0.551. The van der Waals surface area contributed by atoms with Crippen LogP contribution in [0.2, 0.25) is 20.1 Å². The zero-order chi connectivity index (χ0) is 21.1. The summed E-state index contributed by atoms with van der Waals surface area (Å²) in [5, 5.41) is 7.55. The van der Waals surface area contributed by atoms with Crippen molar-refractivity contribution in [1.29, 1.82) is 0 Å². The van der Waals surface area contributed by atoms with E-state index in [-0.39, 0.29) is 38.9 Å². The number of halogens is 4. The fourth-order valence-electron chi connectivity index (χ4n) is 2.43. The molecule has 0 heterocycles. The molecule has 4 unspecified atom stereocenters. The van der Waals surface area contributed by atoms with Crippen LogP contribution in [0, 0.1) is 0 Å². The lowest BCUT2D eigenvalue weighted by Gasteiger charge is -2.31. The summed E-state index contributed by atoms with van der Waals surface area (Å²) in [6, 6.07) is 0. The fraction of sp³-hybridized carbons (Fsp3) is 0.571. The number of hydrogen-bond acceptors (Lipinski definition) is 6. The largest absolute Gasteiger partial charge is 0.505 e. The maximum atomic E-state index is 13.4. The van der Waals surface area contributed by atoms with Gasteiger partial charge in [-0.25, -0.2) is 0 Å². The van der Waals surface area contributed by atoms with Crippen LogP contribution in [0.15, 0.2) is 0 Å². The third kappa shape index (κ3) is 5.41. The van der Waals surface area contributed by atoms with E-state index in [0.717, 1.165) is 0 Å². The van der Waals surface area contributed by atoms with Crippen molar-refractivity contribution in [1.82, 2.24) is 0 Å². The lowest BCUT2D eigenvalue weighted by molar-refractivity contribution is 0.217. The molecule has 0 spiro atoms. The smallest absolute Gasteiger partial charge is 0.347 e. The van der Waals surface area contributed by atoms with Crippen molar-refractivity contribution in [3.05, 3.63) is 25.7 Å². The average Bonchev–Trinajstić information content (AvgIpc) is 2.57. The van der Waals surface area contributed by atoms with Crippen molar-refractivity contribution in [3.63, 3.8) is 0 Å². The van der Waals surface area contributed by atoms with Gasteiger partial charge in [-0.15, -0.1) is 0 Å². The van der Waals surface area contributed by atoms with E-state index in [1.165, 1.54) is 12.5 Å². The molecular weight excluding hydrogens is 501 g/mol. The number of benzene rings is 1. The van der Waals surface area contributed by atoms with Gasteiger partial charge in [0.05, 0.1) is 28.5 Å². The Morgan fingerprint density at radius 1 is 0.926 bits per heavy atom. The summed E-state index contributed by atoms with van der Waals surface area (Å²) >= 11 is 24.5. The van der Waals surface area contributed by atoms with Crippen molar-refractivity contribution < 1.29 is 27.1 Å². The van der Waals surface area contributed by atoms with Crippen LogP contribution in [0.3, 0.4) is 0 Å². The Kier molecular flexibility index (Phi) is 10.1. The van der Waals surface area contributed by atoms with E-state index >= 15 is 0 Å². The molecule has 0 amide bonds. The van der Waals surface area contributed by atoms with Crippen LogP contribution in [0.25, 0.3) is 0 Å². The second kappa shape index (κ2) is 10.6. The highest BCUT2D eigenvalue weighted by atomic mass is 35.5. The highest BCUT2D eigenvalue weighted by Crippen LogP contribution is 2.61. The molecule has 1 aromatic carbocycles. The topological polar surface area (TPSA) is 89.9 Å². The summed E-state index contributed by atoms with van der Waals surface area (Å²) in [4.78, 5) is -1.37. The Morgan fingerprint density at radius 3 is 1.63 bits per heavy atom. The molecule has 0 aliphatic carbocycles. The average molecular weight is 520 g/mol. The number of rotatable bonds is 9. The van der Waals surface area contributed by atoms with Crippen LogP contribution >= 0.6 is 54.0 Å². The summed E-state index contributed by atoms with van der Waals surface area (Å²) in [6.07, 6.45) is 2.58. The molecule has 1 rings (SSSR count). The Labute approximate surface area is 183 Å². The molecule has 1 N–H and O–H groups in total. The van der Waals surface area contributed by atoms with E-state index in [1.54, 1.807) is 13.8 Å². The second-order valence-corrected chi connectivity index (χ2v) is 12.2. The van der Waals surface area contributed by atoms with Crippen LogP contribution in [0.1, 0.15) is 24.7 Å². The highest BCUT2D eigenvalue weighted by Gasteiger charge is 2.48. The normalized spacial score (nSPS) is 16.7. The molecule has 0 aromatic heterocycles. The Hall–Kier alpha value is 0.630. The zero-order valence-electron chi connectivity index (χ0n) is 14.8. The van der Waals surface area contributed by atoms with Gasteiger partial charge in [-0.2, -0.15) is 0 Å². The van der Waals surface area contributed by atoms with Gasteiger partial charge in [-0.05, 0) is 13.8 Å². The Balaban J connectivity index is 3.85. The second-order valence-electron chi connectivity index (χ2n) is 5.20. The monoisotopic (exact) mass is 518 g/mol. The zero-order valence-corrected chi connectivity index (χ0v) is 20.4. The van der Waals surface area contributed by atoms with Gasteiger partial charge < -0.3 is 14.2 Å². The summed E-state index contributed by atoms with van der Waals surface area (Å²) in [6.45, 7) is 3.19. The maximum absolute atomic E-state index is 13.4. The van der Waals surface area contributed by atoms with Crippen molar-refractivity contribution in [2.24, 2.45) is 0 Å². The number of hydrogen-bond donors (Lipinski definition) is 1. The van der Waals surface area contributed by atoms with Gasteiger partial charge in [0.15, 0.2) is 10.7 Å². The highest BCUT2D eigenvalue weighted by molar-refractivity contribution is 7.95. The molecule has 0 radical (unpaired) electrons. The van der Waals surface area contributed by atoms with Gasteiger partial charge in [0, 0.05) is 39.7 Å². The van der Waals surface area contributed by atoms with Gasteiger partial charge >= 0.3 is 7.60 Å². The van der Waals surface area contributed by atoms with Gasteiger partial charge in [0.1, 0.15) is 10.0 Å². The third-order valence-electron chi connectivity index (χ3n) is 3.45. The molecule has 4 atom stereocenters. The Morgan fingerprint density at radius 2 is 1.33 bits per heavy atom. The molecule has 0 aliphatic rings. The van der Waals surface area contributed by atoms with Crippen LogP contribution in [0.4, 0.5) is 0 Å². The van der Waals surface area contributed by atoms with Gasteiger partial charge in [0.2, 0.25) is 0 Å². The summed E-state index contributed by atoms with van der Waals surface area (Å²) in [5.41, 5.74) is -0.0493. The lowest BCUT2D eigenvalue weighted by Crippen LogP contribution is -2.29. The molecule has 0 fully saturated rings. The fourth-order valence-corrected chi connectivity index (χ4v) is 10.3. The van der Waals surface area contributed by atoms with Crippen LogP contribution in [0.5, 0.6) is 5.75 Å². The van der Waals surface area contributed by atoms with Crippen LogP contribution in [-0.2, 0) is 35.2 Å². The number of phenols is 1. The van der Waals surface area contributed by atoms with E-state index in [0.29, 0.717) is 0 Å². The molecule has 0 saturated heterocycles. The summed E-state index contributed by atoms with van der Waals surface area (Å²) < 4.78 is 49.2. The molecule has 1 aromatic rings. The molecule has 0 bridgehead atoms. The van der Waals surface area contributed by atoms with Crippen molar-refractivity contribution in [2.45, 2.75) is 24.1 Å². The summed E-state index contributed by atoms with van der Waals surface area (Å²) in [7, 11) is -7.63. The van der Waals surface area contributed by atoms with Gasteiger partial charge in [-0.3, -0.25) is 13.0 Å². The predicted octanol–water partition coefficient (Wildman–Crippen LogP) is 5.40. The van der Waals surface area contributed by atoms with E-state index in [4.69, 9.17) is 55.5 Å². The van der Waals surface area contributed by atoms with E-state index < -0.39 is 45.2 Å². The van der Waals surface area contributed by atoms with Crippen LogP contribution < -0.4 is 0 Å². The lowest BCUT2D eigenvalue weighted by atomic mass is 10.1. The molecule has 0 aliphatic heterocycles. The first-order chi connectivity index (χ1) is 12.4. The Bertz CT molecular complexity index is 767. The number of aromatic hydroxyl groups is 1. The standard InChI is InChI=1S/C14H19Cl4O6PS2/c1-5-23-25(20,24-6-2)14(27(4)22)13(26(3)21)7-8(15)10(17)12(19)11(18)9(7)16/h13-14,19H,5-6H2,1-4H3. The first-order valence-corrected chi connectivity index (χ1v) is 13.9. The first kappa shape index (κ1) is 25.7. The molecule has 13 heteroatoms. The van der Waals surface area contributed by atoms with E-state index in [1.807, 2.05) is 0 Å². The third-order valence-corrected chi connectivity index (χ3v) is 11.5. The van der Waals surface area contributed by atoms with E-state index in [9.17, 15) is 18.1 Å². The SMILES string of the molecule is CCOP(=O)(OCC)C(C(c1c(Cl)c(Cl)c(O)c(Cl)c1Cl)S(C)=O)S(C)=O. The quantitative estimate of drug-likeness (QED) is 0.347. The minimum Gasteiger partial charge on any atom is -0.505 e. The predicted molar refractivity (Wildman–Crippen MR) is 114 cm³/mol. The molecule has 27 heavy (non-hydrogen) atoms. The molecule has 0 saturated carbocycles. The van der Waals surface area contributed by atoms with Crippen molar-refractivity contribution in [3.8, 4) is 5.75 Å². The maximum Gasteiger partial charge on any atom is 0.347 e. The number of phenolic OH excluding ortho intramolecular Hbond substituents is 1. The molecule has 6 nitrogen and oxygen atoms in total. The molecular formula is C14H19Cl4O6PS2. The van der Waals surface area contributed by atoms with E-state index in [2.05, 4.69) is 0 Å². The van der Waals surface area contributed by atoms with Gasteiger partial charge in [-0.1, -0.05) is 46.4 Å². The van der Waals surface area contributed by atoms with Gasteiger partial charge in [0.25, 0.3) is 0 Å². The minimum atomic E-state index is -4.00. The van der Waals surface area contributed by atoms with Crippen molar-refractivity contribution >= 4 is 75.6 Å². The first-order valence-electron chi connectivity index (χ1n) is 7.52. The minimum absolute atomic E-state index is 0.00655. The molecule has 156 valence electrons.